The highest BCUT2D eigenvalue weighted by Gasteiger charge is 2.31. The van der Waals surface area contributed by atoms with Crippen molar-refractivity contribution in [1.82, 2.24) is 10.2 Å². The first-order valence-corrected chi connectivity index (χ1v) is 11.9. The van der Waals surface area contributed by atoms with E-state index in [-0.39, 0.29) is 31.0 Å². The van der Waals surface area contributed by atoms with Gasteiger partial charge in [0.2, 0.25) is 5.91 Å². The van der Waals surface area contributed by atoms with Crippen molar-refractivity contribution in [1.29, 1.82) is 0 Å². The van der Waals surface area contributed by atoms with Crippen molar-refractivity contribution in [3.05, 3.63) is 63.1 Å². The van der Waals surface area contributed by atoms with Gasteiger partial charge in [-0.1, -0.05) is 72.8 Å². The molecule has 0 aliphatic heterocycles. The minimum atomic E-state index is -0.676. The van der Waals surface area contributed by atoms with Gasteiger partial charge in [0, 0.05) is 28.2 Å². The Morgan fingerprint density at radius 3 is 2.28 bits per heavy atom. The van der Waals surface area contributed by atoms with Crippen LogP contribution >= 0.6 is 34.8 Å². The Morgan fingerprint density at radius 2 is 1.66 bits per heavy atom. The zero-order valence-electron chi connectivity index (χ0n) is 18.0. The van der Waals surface area contributed by atoms with E-state index in [0.29, 0.717) is 32.8 Å². The Hall–Kier alpha value is -1.95. The minimum Gasteiger partial charge on any atom is -0.482 e. The van der Waals surface area contributed by atoms with Crippen molar-refractivity contribution >= 4 is 46.6 Å². The fraction of sp³-hybridized carbons (Fsp3) is 0.417. The molecule has 2 aromatic rings. The predicted molar refractivity (Wildman–Crippen MR) is 128 cm³/mol. The van der Waals surface area contributed by atoms with Gasteiger partial charge in [-0.25, -0.2) is 0 Å². The average Bonchev–Trinajstić information content (AvgIpc) is 3.27. The van der Waals surface area contributed by atoms with Crippen molar-refractivity contribution in [2.45, 2.75) is 57.7 Å². The van der Waals surface area contributed by atoms with Crippen LogP contribution in [0.5, 0.6) is 5.75 Å². The van der Waals surface area contributed by atoms with Crippen LogP contribution in [-0.2, 0) is 16.1 Å². The van der Waals surface area contributed by atoms with Gasteiger partial charge in [0.25, 0.3) is 5.91 Å². The average molecular weight is 498 g/mol. The molecule has 1 aliphatic carbocycles. The maximum atomic E-state index is 13.3. The minimum absolute atomic E-state index is 0.0970. The quantitative estimate of drug-likeness (QED) is 0.470. The van der Waals surface area contributed by atoms with Gasteiger partial charge in [0.15, 0.2) is 6.61 Å². The largest absolute Gasteiger partial charge is 0.482 e. The normalized spacial score (nSPS) is 14.8. The SMILES string of the molecule is CC[C@H](C(=O)NC1CCCC1)N(Cc1c(Cl)cccc1Cl)C(=O)COc1ccccc1Cl. The predicted octanol–water partition coefficient (Wildman–Crippen LogP) is 5.89. The lowest BCUT2D eigenvalue weighted by Gasteiger charge is -2.32. The number of para-hydroxylation sites is 1. The lowest BCUT2D eigenvalue weighted by Crippen LogP contribution is -2.52. The van der Waals surface area contributed by atoms with E-state index >= 15 is 0 Å². The summed E-state index contributed by atoms with van der Waals surface area (Å²) in [6.07, 6.45) is 4.57. The molecule has 0 spiro atoms. The fourth-order valence-electron chi connectivity index (χ4n) is 3.92. The molecule has 1 fully saturated rings. The molecule has 1 N–H and O–H groups in total. The van der Waals surface area contributed by atoms with E-state index in [4.69, 9.17) is 39.5 Å². The molecule has 0 unspecified atom stereocenters. The summed E-state index contributed by atoms with van der Waals surface area (Å²) in [5.41, 5.74) is 0.592. The number of carbonyl (C=O) groups is 2. The van der Waals surface area contributed by atoms with E-state index in [1.807, 2.05) is 6.92 Å². The zero-order valence-corrected chi connectivity index (χ0v) is 20.2. The second-order valence-corrected chi connectivity index (χ2v) is 9.08. The third-order valence-electron chi connectivity index (χ3n) is 5.67. The third kappa shape index (κ3) is 6.31. The first-order valence-electron chi connectivity index (χ1n) is 10.8. The third-order valence-corrected chi connectivity index (χ3v) is 6.69. The number of hydrogen-bond acceptors (Lipinski definition) is 3. The molecule has 2 aromatic carbocycles. The lowest BCUT2D eigenvalue weighted by atomic mass is 10.1. The number of hydrogen-bond donors (Lipinski definition) is 1. The summed E-state index contributed by atoms with van der Waals surface area (Å²) < 4.78 is 5.66. The molecule has 0 radical (unpaired) electrons. The molecule has 0 heterocycles. The van der Waals surface area contributed by atoms with Crippen LogP contribution in [0.15, 0.2) is 42.5 Å². The lowest BCUT2D eigenvalue weighted by molar-refractivity contribution is -0.143. The zero-order chi connectivity index (χ0) is 23.1. The van der Waals surface area contributed by atoms with E-state index < -0.39 is 6.04 Å². The first-order chi connectivity index (χ1) is 15.4. The fourth-order valence-corrected chi connectivity index (χ4v) is 4.63. The summed E-state index contributed by atoms with van der Waals surface area (Å²) in [5.74, 6) is -0.121. The van der Waals surface area contributed by atoms with Crippen LogP contribution in [0.3, 0.4) is 0 Å². The summed E-state index contributed by atoms with van der Waals surface area (Å²) in [6.45, 7) is 1.71. The molecule has 1 atom stereocenters. The van der Waals surface area contributed by atoms with E-state index in [1.165, 1.54) is 4.90 Å². The van der Waals surface area contributed by atoms with Crippen molar-refractivity contribution < 1.29 is 14.3 Å². The number of carbonyl (C=O) groups excluding carboxylic acids is 2. The summed E-state index contributed by atoms with van der Waals surface area (Å²) in [6, 6.07) is 11.6. The van der Waals surface area contributed by atoms with Crippen molar-refractivity contribution in [3.63, 3.8) is 0 Å². The Bertz CT molecular complexity index is 928. The molecule has 8 heteroatoms. The van der Waals surface area contributed by atoms with Crippen molar-refractivity contribution in [2.24, 2.45) is 0 Å². The monoisotopic (exact) mass is 496 g/mol. The smallest absolute Gasteiger partial charge is 0.261 e. The van der Waals surface area contributed by atoms with Gasteiger partial charge in [-0.2, -0.15) is 0 Å². The van der Waals surface area contributed by atoms with Crippen LogP contribution in [0.1, 0.15) is 44.6 Å². The van der Waals surface area contributed by atoms with Gasteiger partial charge < -0.3 is 15.0 Å². The molecule has 3 rings (SSSR count). The van der Waals surface area contributed by atoms with Crippen molar-refractivity contribution in [3.8, 4) is 5.75 Å². The number of nitrogens with zero attached hydrogens (tertiary/aromatic N) is 1. The Balaban J connectivity index is 1.82. The summed E-state index contributed by atoms with van der Waals surface area (Å²) >= 11 is 18.9. The number of halogens is 3. The molecule has 0 saturated heterocycles. The molecular formula is C24H27Cl3N2O3. The Morgan fingerprint density at radius 1 is 1.03 bits per heavy atom. The molecular weight excluding hydrogens is 471 g/mol. The van der Waals surface area contributed by atoms with Crippen LogP contribution in [0.25, 0.3) is 0 Å². The Kier molecular flexibility index (Phi) is 9.09. The number of nitrogens with one attached hydrogen (secondary N) is 1. The highest BCUT2D eigenvalue weighted by Crippen LogP contribution is 2.28. The van der Waals surface area contributed by atoms with Gasteiger partial charge in [0.1, 0.15) is 11.8 Å². The van der Waals surface area contributed by atoms with Crippen LogP contribution in [0, 0.1) is 0 Å². The number of benzene rings is 2. The van der Waals surface area contributed by atoms with Gasteiger partial charge in [-0.3, -0.25) is 9.59 Å². The van der Waals surface area contributed by atoms with E-state index in [9.17, 15) is 9.59 Å². The summed E-state index contributed by atoms with van der Waals surface area (Å²) in [7, 11) is 0. The highest BCUT2D eigenvalue weighted by molar-refractivity contribution is 6.36. The van der Waals surface area contributed by atoms with E-state index in [1.54, 1.807) is 42.5 Å². The molecule has 32 heavy (non-hydrogen) atoms. The van der Waals surface area contributed by atoms with E-state index in [2.05, 4.69) is 5.32 Å². The standard InChI is InChI=1S/C24H27Cl3N2O3/c1-2-21(24(31)28-16-8-3-4-9-16)29(14-17-18(25)11-7-12-19(17)26)23(30)15-32-22-13-6-5-10-20(22)27/h5-7,10-13,16,21H,2-4,8-9,14-15H2,1H3,(H,28,31)/t21-/m1/s1. The van der Waals surface area contributed by atoms with Crippen LogP contribution in [-0.4, -0.2) is 35.4 Å². The number of rotatable bonds is 9. The highest BCUT2D eigenvalue weighted by atomic mass is 35.5. The van der Waals surface area contributed by atoms with Gasteiger partial charge in [-0.05, 0) is 43.5 Å². The van der Waals surface area contributed by atoms with Crippen LogP contribution in [0.2, 0.25) is 15.1 Å². The number of ether oxygens (including phenoxy) is 1. The second kappa shape index (κ2) is 11.8. The maximum absolute atomic E-state index is 13.3. The van der Waals surface area contributed by atoms with Gasteiger partial charge in [0.05, 0.1) is 5.02 Å². The molecule has 2 amide bonds. The topological polar surface area (TPSA) is 58.6 Å². The molecule has 1 aliphatic rings. The van der Waals surface area contributed by atoms with Gasteiger partial charge in [-0.15, -0.1) is 0 Å². The molecule has 1 saturated carbocycles. The van der Waals surface area contributed by atoms with Gasteiger partial charge >= 0.3 is 0 Å². The summed E-state index contributed by atoms with van der Waals surface area (Å²) in [5, 5.41) is 4.39. The van der Waals surface area contributed by atoms with Crippen molar-refractivity contribution in [2.75, 3.05) is 6.61 Å². The second-order valence-electron chi connectivity index (χ2n) is 7.85. The molecule has 5 nitrogen and oxygen atoms in total. The van der Waals surface area contributed by atoms with E-state index in [0.717, 1.165) is 25.7 Å². The molecule has 172 valence electrons. The molecule has 0 aromatic heterocycles. The Labute approximate surface area is 204 Å². The maximum Gasteiger partial charge on any atom is 0.261 e. The molecule has 0 bridgehead atoms. The van der Waals surface area contributed by atoms with Crippen LogP contribution in [0.4, 0.5) is 0 Å². The first kappa shape index (κ1) is 24.7. The van der Waals surface area contributed by atoms with Crippen LogP contribution < -0.4 is 10.1 Å². The number of amides is 2. The summed E-state index contributed by atoms with van der Waals surface area (Å²) in [4.78, 5) is 27.9.